The molecule has 0 spiro atoms. The van der Waals surface area contributed by atoms with E-state index in [1.165, 1.54) is 6.92 Å². The quantitative estimate of drug-likeness (QED) is 0.591. The number of rotatable bonds is 6. The molecule has 0 fully saturated rings. The fourth-order valence-electron chi connectivity index (χ4n) is 1.10. The van der Waals surface area contributed by atoms with Crippen LogP contribution in [-0.2, 0) is 9.59 Å². The topological polar surface area (TPSA) is 34.1 Å². The predicted molar refractivity (Wildman–Crippen MR) is 53.5 cm³/mol. The lowest BCUT2D eigenvalue weighted by molar-refractivity contribution is -0.129. The minimum absolute atomic E-state index is 0.0720. The largest absolute Gasteiger partial charge is 0.300 e. The molecule has 0 unspecified atom stereocenters. The van der Waals surface area contributed by atoms with Crippen LogP contribution in [0.1, 0.15) is 40.0 Å². The number of ketones is 2. The van der Waals surface area contributed by atoms with E-state index in [0.717, 1.165) is 0 Å². The van der Waals surface area contributed by atoms with Crippen LogP contribution in [-0.4, -0.2) is 11.6 Å². The molecule has 0 aliphatic heterocycles. The van der Waals surface area contributed by atoms with Crippen LogP contribution < -0.4 is 0 Å². The molecule has 13 heavy (non-hydrogen) atoms. The summed E-state index contributed by atoms with van der Waals surface area (Å²) >= 11 is 0. The van der Waals surface area contributed by atoms with Gasteiger partial charge in [-0.15, -0.1) is 6.58 Å². The zero-order chi connectivity index (χ0) is 10.5. The Balaban J connectivity index is 4.08. The molecule has 0 aromatic heterocycles. The Morgan fingerprint density at radius 3 is 2.23 bits per heavy atom. The van der Waals surface area contributed by atoms with Crippen LogP contribution in [0.2, 0.25) is 0 Å². The molecule has 0 rings (SSSR count). The Labute approximate surface area is 80.0 Å². The van der Waals surface area contributed by atoms with Gasteiger partial charge in [0.05, 0.1) is 0 Å². The molecule has 0 N–H and O–H groups in total. The third kappa shape index (κ3) is 4.61. The molecule has 0 amide bonds. The van der Waals surface area contributed by atoms with E-state index in [2.05, 4.69) is 6.58 Å². The molecule has 0 aliphatic rings. The minimum Gasteiger partial charge on any atom is -0.300 e. The van der Waals surface area contributed by atoms with Gasteiger partial charge >= 0.3 is 0 Å². The maximum atomic E-state index is 11.6. The monoisotopic (exact) mass is 182 g/mol. The highest BCUT2D eigenvalue weighted by molar-refractivity contribution is 5.88. The lowest BCUT2D eigenvalue weighted by Crippen LogP contribution is -2.23. The molecular formula is C11H18O2. The fourth-order valence-corrected chi connectivity index (χ4v) is 1.10. The molecule has 2 heteroatoms. The average molecular weight is 182 g/mol. The maximum Gasteiger partial charge on any atom is 0.139 e. The lowest BCUT2D eigenvalue weighted by atomic mass is 9.82. The number of carbonyl (C=O) groups is 2. The van der Waals surface area contributed by atoms with Crippen LogP contribution >= 0.6 is 0 Å². The van der Waals surface area contributed by atoms with E-state index in [4.69, 9.17) is 0 Å². The van der Waals surface area contributed by atoms with Crippen LogP contribution in [0.3, 0.4) is 0 Å². The van der Waals surface area contributed by atoms with Gasteiger partial charge < -0.3 is 4.79 Å². The second-order valence-corrected chi connectivity index (χ2v) is 4.00. The van der Waals surface area contributed by atoms with Crippen molar-refractivity contribution in [2.45, 2.75) is 40.0 Å². The highest BCUT2D eigenvalue weighted by atomic mass is 16.1. The molecule has 2 nitrogen and oxygen atoms in total. The van der Waals surface area contributed by atoms with Crippen LogP contribution in [0.15, 0.2) is 12.7 Å². The van der Waals surface area contributed by atoms with E-state index in [1.807, 2.05) is 13.8 Å². The van der Waals surface area contributed by atoms with E-state index in [0.29, 0.717) is 19.3 Å². The number of hydrogen-bond donors (Lipinski definition) is 0. The molecular weight excluding hydrogens is 164 g/mol. The van der Waals surface area contributed by atoms with Gasteiger partial charge in [-0.05, 0) is 13.3 Å². The van der Waals surface area contributed by atoms with Crippen LogP contribution in [0, 0.1) is 5.41 Å². The zero-order valence-electron chi connectivity index (χ0n) is 8.72. The van der Waals surface area contributed by atoms with Crippen molar-refractivity contribution in [1.29, 1.82) is 0 Å². The first-order chi connectivity index (χ1) is 5.90. The highest BCUT2D eigenvalue weighted by Crippen LogP contribution is 2.24. The second-order valence-electron chi connectivity index (χ2n) is 4.00. The van der Waals surface area contributed by atoms with Crippen LogP contribution in [0.5, 0.6) is 0 Å². The van der Waals surface area contributed by atoms with E-state index >= 15 is 0 Å². The van der Waals surface area contributed by atoms with Crippen molar-refractivity contribution in [3.05, 3.63) is 12.7 Å². The molecule has 0 atom stereocenters. The minimum atomic E-state index is -0.364. The highest BCUT2D eigenvalue weighted by Gasteiger charge is 2.25. The van der Waals surface area contributed by atoms with E-state index < -0.39 is 0 Å². The Bertz CT molecular complexity index is 214. The number of Topliss-reactive ketones (excluding diaryl/α,β-unsaturated/α-hetero) is 2. The van der Waals surface area contributed by atoms with Crippen molar-refractivity contribution in [3.8, 4) is 0 Å². The Morgan fingerprint density at radius 1 is 1.31 bits per heavy atom. The van der Waals surface area contributed by atoms with Gasteiger partial charge in [-0.25, -0.2) is 0 Å². The van der Waals surface area contributed by atoms with Crippen molar-refractivity contribution < 1.29 is 9.59 Å². The SMILES string of the molecule is C=CCC(C)(C)C(=O)CCC(C)=O. The first-order valence-electron chi connectivity index (χ1n) is 4.54. The molecule has 0 saturated heterocycles. The standard InChI is InChI=1S/C11H18O2/c1-5-8-11(3,4)10(13)7-6-9(2)12/h5H,1,6-8H2,2-4H3. The summed E-state index contributed by atoms with van der Waals surface area (Å²) in [5, 5.41) is 0. The Morgan fingerprint density at radius 2 is 1.85 bits per heavy atom. The Kier molecular flexibility index (Phi) is 4.60. The van der Waals surface area contributed by atoms with Gasteiger partial charge in [-0.3, -0.25) is 4.79 Å². The smallest absolute Gasteiger partial charge is 0.139 e. The van der Waals surface area contributed by atoms with E-state index in [1.54, 1.807) is 6.08 Å². The summed E-state index contributed by atoms with van der Waals surface area (Å²) < 4.78 is 0. The summed E-state index contributed by atoms with van der Waals surface area (Å²) in [7, 11) is 0. The number of carbonyl (C=O) groups excluding carboxylic acids is 2. The predicted octanol–water partition coefficient (Wildman–Crippen LogP) is 2.53. The van der Waals surface area contributed by atoms with E-state index in [9.17, 15) is 9.59 Å². The maximum absolute atomic E-state index is 11.6. The summed E-state index contributed by atoms with van der Waals surface area (Å²) in [6.07, 6.45) is 3.13. The normalized spacial score (nSPS) is 11.0. The third-order valence-corrected chi connectivity index (χ3v) is 2.11. The van der Waals surface area contributed by atoms with Crippen LogP contribution in [0.4, 0.5) is 0 Å². The van der Waals surface area contributed by atoms with Crippen molar-refractivity contribution in [3.63, 3.8) is 0 Å². The lowest BCUT2D eigenvalue weighted by Gasteiger charge is -2.20. The van der Waals surface area contributed by atoms with Gasteiger partial charge in [-0.1, -0.05) is 19.9 Å². The zero-order valence-corrected chi connectivity index (χ0v) is 8.72. The molecule has 0 saturated carbocycles. The van der Waals surface area contributed by atoms with Crippen molar-refractivity contribution in [2.24, 2.45) is 5.41 Å². The van der Waals surface area contributed by atoms with Gasteiger partial charge in [0, 0.05) is 18.3 Å². The summed E-state index contributed by atoms with van der Waals surface area (Å²) in [4.78, 5) is 22.2. The first-order valence-corrected chi connectivity index (χ1v) is 4.54. The number of hydrogen-bond acceptors (Lipinski definition) is 2. The van der Waals surface area contributed by atoms with Gasteiger partial charge in [-0.2, -0.15) is 0 Å². The van der Waals surface area contributed by atoms with E-state index in [-0.39, 0.29) is 17.0 Å². The average Bonchev–Trinajstić information content (AvgIpc) is 1.99. The molecule has 0 aliphatic carbocycles. The van der Waals surface area contributed by atoms with Gasteiger partial charge in [0.15, 0.2) is 0 Å². The summed E-state index contributed by atoms with van der Waals surface area (Å²) in [6, 6.07) is 0. The number of allylic oxidation sites excluding steroid dienone is 1. The molecule has 0 bridgehead atoms. The van der Waals surface area contributed by atoms with Crippen molar-refractivity contribution in [1.82, 2.24) is 0 Å². The van der Waals surface area contributed by atoms with Gasteiger partial charge in [0.25, 0.3) is 0 Å². The second kappa shape index (κ2) is 4.95. The van der Waals surface area contributed by atoms with Gasteiger partial charge in [0.1, 0.15) is 11.6 Å². The van der Waals surface area contributed by atoms with Crippen LogP contribution in [0.25, 0.3) is 0 Å². The van der Waals surface area contributed by atoms with Gasteiger partial charge in [0.2, 0.25) is 0 Å². The summed E-state index contributed by atoms with van der Waals surface area (Å²) in [5.41, 5.74) is -0.364. The molecule has 0 radical (unpaired) electrons. The summed E-state index contributed by atoms with van der Waals surface area (Å²) in [6.45, 7) is 8.88. The third-order valence-electron chi connectivity index (χ3n) is 2.11. The van der Waals surface area contributed by atoms with Crippen molar-refractivity contribution in [2.75, 3.05) is 0 Å². The summed E-state index contributed by atoms with van der Waals surface area (Å²) in [5.74, 6) is 0.213. The molecule has 74 valence electrons. The Hall–Kier alpha value is -0.920. The molecule has 0 aromatic rings. The van der Waals surface area contributed by atoms with Crippen molar-refractivity contribution >= 4 is 11.6 Å². The fraction of sp³-hybridized carbons (Fsp3) is 0.636. The first kappa shape index (κ1) is 12.1. The molecule has 0 heterocycles. The molecule has 0 aromatic carbocycles.